The van der Waals surface area contributed by atoms with Crippen LogP contribution in [0.4, 0.5) is 0 Å². The van der Waals surface area contributed by atoms with Gasteiger partial charge in [0.25, 0.3) is 0 Å². The summed E-state index contributed by atoms with van der Waals surface area (Å²) in [4.78, 5) is 6.89. The number of nitrogens with zero attached hydrogens (tertiary/aromatic N) is 2. The third-order valence-electron chi connectivity index (χ3n) is 5.64. The number of benzene rings is 2. The van der Waals surface area contributed by atoms with Gasteiger partial charge in [0.05, 0.1) is 13.2 Å². The molecule has 1 aliphatic heterocycles. The SMILES string of the molecule is CN=C(NC1CC1c1cccc(Cl)c1)N1CCC(COCc2ccccc2)C1.I. The fourth-order valence-corrected chi connectivity index (χ4v) is 4.20. The first kappa shape index (κ1) is 22.4. The van der Waals surface area contributed by atoms with Crippen LogP contribution in [0.5, 0.6) is 0 Å². The molecule has 2 fully saturated rings. The molecule has 29 heavy (non-hydrogen) atoms. The van der Waals surface area contributed by atoms with Gasteiger partial charge >= 0.3 is 0 Å². The Morgan fingerprint density at radius 3 is 2.79 bits per heavy atom. The maximum absolute atomic E-state index is 6.13. The molecule has 1 saturated heterocycles. The quantitative estimate of drug-likeness (QED) is 0.330. The van der Waals surface area contributed by atoms with Gasteiger partial charge in [-0.1, -0.05) is 54.1 Å². The number of hydrogen-bond donors (Lipinski definition) is 1. The second-order valence-corrected chi connectivity index (χ2v) is 8.23. The summed E-state index contributed by atoms with van der Waals surface area (Å²) in [5.74, 6) is 2.10. The molecule has 0 spiro atoms. The lowest BCUT2D eigenvalue weighted by molar-refractivity contribution is 0.0906. The molecule has 2 aliphatic rings. The summed E-state index contributed by atoms with van der Waals surface area (Å²) in [6.07, 6.45) is 2.29. The third-order valence-corrected chi connectivity index (χ3v) is 5.88. The van der Waals surface area contributed by atoms with Crippen molar-refractivity contribution in [2.45, 2.75) is 31.4 Å². The van der Waals surface area contributed by atoms with E-state index in [1.807, 2.05) is 25.2 Å². The molecule has 3 unspecified atom stereocenters. The lowest BCUT2D eigenvalue weighted by atomic mass is 10.1. The summed E-state index contributed by atoms with van der Waals surface area (Å²) < 4.78 is 5.95. The smallest absolute Gasteiger partial charge is 0.193 e. The molecule has 0 amide bonds. The van der Waals surface area contributed by atoms with Crippen LogP contribution in [0.1, 0.15) is 29.9 Å². The minimum atomic E-state index is 0. The van der Waals surface area contributed by atoms with Crippen LogP contribution in [0.2, 0.25) is 5.02 Å². The fourth-order valence-electron chi connectivity index (χ4n) is 4.00. The van der Waals surface area contributed by atoms with Crippen LogP contribution in [0.3, 0.4) is 0 Å². The highest BCUT2D eigenvalue weighted by Crippen LogP contribution is 2.41. The van der Waals surface area contributed by atoms with E-state index >= 15 is 0 Å². The summed E-state index contributed by atoms with van der Waals surface area (Å²) in [5.41, 5.74) is 2.55. The monoisotopic (exact) mass is 525 g/mol. The molecule has 1 N–H and O–H groups in total. The van der Waals surface area contributed by atoms with Gasteiger partial charge in [-0.05, 0) is 36.1 Å². The van der Waals surface area contributed by atoms with E-state index in [0.29, 0.717) is 24.5 Å². The van der Waals surface area contributed by atoms with E-state index in [9.17, 15) is 0 Å². The van der Waals surface area contributed by atoms with Crippen LogP contribution in [-0.4, -0.2) is 43.6 Å². The largest absolute Gasteiger partial charge is 0.376 e. The lowest BCUT2D eigenvalue weighted by Crippen LogP contribution is -2.41. The number of rotatable bonds is 6. The van der Waals surface area contributed by atoms with Crippen LogP contribution in [0.25, 0.3) is 0 Å². The van der Waals surface area contributed by atoms with E-state index in [4.69, 9.17) is 16.3 Å². The Kier molecular flexibility index (Phi) is 8.21. The zero-order valence-electron chi connectivity index (χ0n) is 16.8. The second kappa shape index (κ2) is 10.6. The molecule has 4 rings (SSSR count). The second-order valence-electron chi connectivity index (χ2n) is 7.80. The van der Waals surface area contributed by atoms with Crippen LogP contribution in [-0.2, 0) is 11.3 Å². The molecule has 2 aromatic rings. The Morgan fingerprint density at radius 1 is 1.21 bits per heavy atom. The summed E-state index contributed by atoms with van der Waals surface area (Å²) in [6, 6.07) is 19.0. The molecule has 156 valence electrons. The van der Waals surface area contributed by atoms with Crippen molar-refractivity contribution in [1.82, 2.24) is 10.2 Å². The van der Waals surface area contributed by atoms with Crippen molar-refractivity contribution in [1.29, 1.82) is 0 Å². The van der Waals surface area contributed by atoms with Crippen LogP contribution in [0, 0.1) is 5.92 Å². The van der Waals surface area contributed by atoms with Gasteiger partial charge in [-0.3, -0.25) is 4.99 Å². The van der Waals surface area contributed by atoms with Gasteiger partial charge in [0.2, 0.25) is 0 Å². The topological polar surface area (TPSA) is 36.9 Å². The van der Waals surface area contributed by atoms with Crippen molar-refractivity contribution in [2.24, 2.45) is 10.9 Å². The summed E-state index contributed by atoms with van der Waals surface area (Å²) in [5, 5.41) is 4.46. The predicted molar refractivity (Wildman–Crippen MR) is 130 cm³/mol. The van der Waals surface area contributed by atoms with Gasteiger partial charge in [-0.25, -0.2) is 0 Å². The Hall–Kier alpha value is -1.31. The summed E-state index contributed by atoms with van der Waals surface area (Å²) in [7, 11) is 1.87. The highest BCUT2D eigenvalue weighted by molar-refractivity contribution is 14.0. The molecule has 0 radical (unpaired) electrons. The molecule has 2 aromatic carbocycles. The van der Waals surface area contributed by atoms with E-state index in [2.05, 4.69) is 51.6 Å². The average molecular weight is 526 g/mol. The summed E-state index contributed by atoms with van der Waals surface area (Å²) in [6.45, 7) is 3.53. The van der Waals surface area contributed by atoms with Gasteiger partial charge in [0.1, 0.15) is 0 Å². The number of aliphatic imine (C=N–C) groups is 1. The molecule has 1 heterocycles. The Bertz CT molecular complexity index is 817. The maximum atomic E-state index is 6.13. The number of guanidine groups is 1. The van der Waals surface area contributed by atoms with Crippen molar-refractivity contribution >= 4 is 41.5 Å². The van der Waals surface area contributed by atoms with Crippen LogP contribution >= 0.6 is 35.6 Å². The predicted octanol–water partition coefficient (Wildman–Crippen LogP) is 4.93. The Labute approximate surface area is 195 Å². The van der Waals surface area contributed by atoms with Crippen molar-refractivity contribution in [3.8, 4) is 0 Å². The van der Waals surface area contributed by atoms with E-state index in [-0.39, 0.29) is 24.0 Å². The minimum absolute atomic E-state index is 0. The molecule has 6 heteroatoms. The number of nitrogens with one attached hydrogen (secondary N) is 1. The van der Waals surface area contributed by atoms with E-state index in [1.54, 1.807) is 0 Å². The zero-order valence-corrected chi connectivity index (χ0v) is 19.8. The van der Waals surface area contributed by atoms with Crippen LogP contribution in [0.15, 0.2) is 59.6 Å². The van der Waals surface area contributed by atoms with Crippen LogP contribution < -0.4 is 5.32 Å². The zero-order chi connectivity index (χ0) is 19.3. The Balaban J connectivity index is 0.00000240. The summed E-state index contributed by atoms with van der Waals surface area (Å²) >= 11 is 6.13. The molecule has 0 aromatic heterocycles. The van der Waals surface area contributed by atoms with Gasteiger partial charge < -0.3 is 15.0 Å². The maximum Gasteiger partial charge on any atom is 0.193 e. The first-order chi connectivity index (χ1) is 13.7. The molecule has 1 saturated carbocycles. The van der Waals surface area contributed by atoms with Crippen molar-refractivity contribution in [2.75, 3.05) is 26.7 Å². The lowest BCUT2D eigenvalue weighted by Gasteiger charge is -2.22. The average Bonchev–Trinajstić information content (AvgIpc) is 3.34. The number of ether oxygens (including phenoxy) is 1. The van der Waals surface area contributed by atoms with E-state index < -0.39 is 0 Å². The van der Waals surface area contributed by atoms with Gasteiger partial charge in [0, 0.05) is 43.0 Å². The molecule has 0 bridgehead atoms. The number of halogens is 2. The van der Waals surface area contributed by atoms with Gasteiger partial charge in [-0.15, -0.1) is 24.0 Å². The highest BCUT2D eigenvalue weighted by Gasteiger charge is 2.40. The van der Waals surface area contributed by atoms with Crippen molar-refractivity contribution in [3.63, 3.8) is 0 Å². The Morgan fingerprint density at radius 2 is 2.03 bits per heavy atom. The van der Waals surface area contributed by atoms with Gasteiger partial charge in [-0.2, -0.15) is 0 Å². The molecule has 4 nitrogen and oxygen atoms in total. The van der Waals surface area contributed by atoms with Crippen molar-refractivity contribution < 1.29 is 4.74 Å². The molecule has 1 aliphatic carbocycles. The van der Waals surface area contributed by atoms with E-state index in [0.717, 1.165) is 43.5 Å². The van der Waals surface area contributed by atoms with Crippen molar-refractivity contribution in [3.05, 3.63) is 70.7 Å². The minimum Gasteiger partial charge on any atom is -0.376 e. The first-order valence-electron chi connectivity index (χ1n) is 10.1. The van der Waals surface area contributed by atoms with E-state index in [1.165, 1.54) is 11.1 Å². The van der Waals surface area contributed by atoms with Gasteiger partial charge in [0.15, 0.2) is 5.96 Å². The molecule has 3 atom stereocenters. The number of likely N-dealkylation sites (tertiary alicyclic amines) is 1. The highest BCUT2D eigenvalue weighted by atomic mass is 127. The first-order valence-corrected chi connectivity index (χ1v) is 10.5. The fraction of sp³-hybridized carbons (Fsp3) is 0.435. The third kappa shape index (κ3) is 6.09. The molecular weight excluding hydrogens is 497 g/mol. The number of hydrogen-bond acceptors (Lipinski definition) is 2. The standard InChI is InChI=1S/C23H28ClN3O.HI/c1-25-23(26-22-13-21(22)19-8-5-9-20(24)12-19)27-11-10-18(14-27)16-28-15-17-6-3-2-4-7-17;/h2-9,12,18,21-22H,10-11,13-16H2,1H3,(H,25,26);1H. The normalized spacial score (nSPS) is 23.6. The molecular formula is C23H29ClIN3O.